The van der Waals surface area contributed by atoms with Crippen LogP contribution in [-0.4, -0.2) is 20.3 Å². The SMILES string of the molecule is COc1cc(Cl)cc(N=C=O)c1OC. The summed E-state index contributed by atoms with van der Waals surface area (Å²) in [6.45, 7) is 0. The Morgan fingerprint density at radius 1 is 1.36 bits per heavy atom. The van der Waals surface area contributed by atoms with Crippen molar-refractivity contribution in [1.82, 2.24) is 0 Å². The Balaban J connectivity index is 3.38. The molecule has 0 fully saturated rings. The minimum atomic E-state index is 0.298. The molecule has 0 heterocycles. The van der Waals surface area contributed by atoms with Crippen molar-refractivity contribution in [3.8, 4) is 11.5 Å². The fraction of sp³-hybridized carbons (Fsp3) is 0.222. The number of ether oxygens (including phenoxy) is 2. The minimum Gasteiger partial charge on any atom is -0.493 e. The first-order chi connectivity index (χ1) is 6.72. The van der Waals surface area contributed by atoms with E-state index in [0.717, 1.165) is 0 Å². The number of aliphatic imine (C=N–C) groups is 1. The van der Waals surface area contributed by atoms with Crippen LogP contribution in [0.3, 0.4) is 0 Å². The summed E-state index contributed by atoms with van der Waals surface area (Å²) in [6, 6.07) is 3.07. The number of hydrogen-bond donors (Lipinski definition) is 0. The van der Waals surface area contributed by atoms with Gasteiger partial charge in [0.05, 0.1) is 14.2 Å². The van der Waals surface area contributed by atoms with Gasteiger partial charge in [0.2, 0.25) is 6.08 Å². The first-order valence-electron chi connectivity index (χ1n) is 3.72. The number of benzene rings is 1. The van der Waals surface area contributed by atoms with Crippen molar-refractivity contribution in [2.24, 2.45) is 4.99 Å². The summed E-state index contributed by atoms with van der Waals surface area (Å²) in [4.78, 5) is 13.6. The summed E-state index contributed by atoms with van der Waals surface area (Å²) in [6.07, 6.45) is 1.42. The second-order valence-electron chi connectivity index (χ2n) is 2.36. The van der Waals surface area contributed by atoms with Crippen LogP contribution in [0.5, 0.6) is 11.5 Å². The molecule has 0 unspecified atom stereocenters. The van der Waals surface area contributed by atoms with Crippen LogP contribution in [0.25, 0.3) is 0 Å². The predicted octanol–water partition coefficient (Wildman–Crippen LogP) is 2.32. The van der Waals surface area contributed by atoms with E-state index in [9.17, 15) is 4.79 Å². The van der Waals surface area contributed by atoms with Crippen LogP contribution in [0, 0.1) is 0 Å². The number of isocyanates is 1. The molecule has 1 rings (SSSR count). The molecule has 0 saturated carbocycles. The second kappa shape index (κ2) is 4.65. The molecule has 5 heteroatoms. The molecule has 0 aliphatic heterocycles. The predicted molar refractivity (Wildman–Crippen MR) is 52.3 cm³/mol. The molecular weight excluding hydrogens is 206 g/mol. The van der Waals surface area contributed by atoms with E-state index in [1.165, 1.54) is 26.4 Å². The van der Waals surface area contributed by atoms with Gasteiger partial charge in [0.15, 0.2) is 11.5 Å². The van der Waals surface area contributed by atoms with Gasteiger partial charge in [0, 0.05) is 11.1 Å². The van der Waals surface area contributed by atoms with E-state index >= 15 is 0 Å². The summed E-state index contributed by atoms with van der Waals surface area (Å²) in [7, 11) is 2.93. The van der Waals surface area contributed by atoms with Crippen molar-refractivity contribution < 1.29 is 14.3 Å². The maximum Gasteiger partial charge on any atom is 0.240 e. The molecule has 0 saturated heterocycles. The van der Waals surface area contributed by atoms with Crippen molar-refractivity contribution >= 4 is 23.4 Å². The van der Waals surface area contributed by atoms with Gasteiger partial charge < -0.3 is 9.47 Å². The lowest BCUT2D eigenvalue weighted by atomic mass is 10.2. The van der Waals surface area contributed by atoms with Crippen molar-refractivity contribution in [1.29, 1.82) is 0 Å². The molecule has 0 atom stereocenters. The van der Waals surface area contributed by atoms with Gasteiger partial charge >= 0.3 is 0 Å². The number of nitrogens with zero attached hydrogens (tertiary/aromatic N) is 1. The van der Waals surface area contributed by atoms with Crippen LogP contribution < -0.4 is 9.47 Å². The number of methoxy groups -OCH3 is 2. The monoisotopic (exact) mass is 213 g/mol. The van der Waals surface area contributed by atoms with Crippen molar-refractivity contribution in [2.75, 3.05) is 14.2 Å². The van der Waals surface area contributed by atoms with Gasteiger partial charge in [0.25, 0.3) is 0 Å². The van der Waals surface area contributed by atoms with E-state index in [4.69, 9.17) is 21.1 Å². The molecule has 74 valence electrons. The van der Waals surface area contributed by atoms with E-state index in [2.05, 4.69) is 4.99 Å². The highest BCUT2D eigenvalue weighted by Crippen LogP contribution is 2.39. The largest absolute Gasteiger partial charge is 0.493 e. The zero-order chi connectivity index (χ0) is 10.6. The van der Waals surface area contributed by atoms with E-state index in [0.29, 0.717) is 22.2 Å². The van der Waals surface area contributed by atoms with Gasteiger partial charge in [-0.25, -0.2) is 4.79 Å². The third-order valence-electron chi connectivity index (χ3n) is 1.59. The summed E-state index contributed by atoms with van der Waals surface area (Å²) < 4.78 is 10.0. The Morgan fingerprint density at radius 2 is 2.07 bits per heavy atom. The first kappa shape index (κ1) is 10.6. The number of carbonyl (C=O) groups excluding carboxylic acids is 1. The quantitative estimate of drug-likeness (QED) is 0.572. The maximum absolute atomic E-state index is 10.1. The Morgan fingerprint density at radius 3 is 2.57 bits per heavy atom. The number of halogens is 1. The van der Waals surface area contributed by atoms with E-state index in [1.807, 2.05) is 0 Å². The fourth-order valence-electron chi connectivity index (χ4n) is 1.04. The smallest absolute Gasteiger partial charge is 0.240 e. The standard InChI is InChI=1S/C9H8ClNO3/c1-13-8-4-6(10)3-7(11-5-12)9(8)14-2/h3-4H,1-2H3. The molecule has 1 aromatic rings. The maximum atomic E-state index is 10.1. The van der Waals surface area contributed by atoms with Crippen molar-refractivity contribution in [3.63, 3.8) is 0 Å². The van der Waals surface area contributed by atoms with E-state index < -0.39 is 0 Å². The molecule has 0 bridgehead atoms. The second-order valence-corrected chi connectivity index (χ2v) is 2.80. The van der Waals surface area contributed by atoms with Gasteiger partial charge in [-0.05, 0) is 6.07 Å². The summed E-state index contributed by atoms with van der Waals surface area (Å²) >= 11 is 5.77. The summed E-state index contributed by atoms with van der Waals surface area (Å²) in [5.41, 5.74) is 0.298. The molecule has 14 heavy (non-hydrogen) atoms. The molecule has 0 amide bonds. The number of hydrogen-bond acceptors (Lipinski definition) is 4. The zero-order valence-corrected chi connectivity index (χ0v) is 8.46. The normalized spacial score (nSPS) is 9.07. The Bertz CT molecular complexity index is 386. The van der Waals surface area contributed by atoms with E-state index in [1.54, 1.807) is 6.07 Å². The molecule has 0 aliphatic rings. The van der Waals surface area contributed by atoms with Gasteiger partial charge in [-0.1, -0.05) is 11.6 Å². The van der Waals surface area contributed by atoms with Crippen molar-refractivity contribution in [2.45, 2.75) is 0 Å². The van der Waals surface area contributed by atoms with Crippen LogP contribution in [0.1, 0.15) is 0 Å². The average Bonchev–Trinajstić information content (AvgIpc) is 2.17. The van der Waals surface area contributed by atoms with Crippen LogP contribution in [-0.2, 0) is 4.79 Å². The lowest BCUT2D eigenvalue weighted by Gasteiger charge is -2.09. The van der Waals surface area contributed by atoms with Crippen LogP contribution in [0.4, 0.5) is 5.69 Å². The molecule has 0 N–H and O–H groups in total. The van der Waals surface area contributed by atoms with Gasteiger partial charge in [-0.3, -0.25) is 0 Å². The Labute approximate surface area is 86.1 Å². The van der Waals surface area contributed by atoms with E-state index in [-0.39, 0.29) is 0 Å². The molecule has 0 spiro atoms. The molecule has 0 aliphatic carbocycles. The van der Waals surface area contributed by atoms with Crippen LogP contribution >= 0.6 is 11.6 Å². The summed E-state index contributed by atoms with van der Waals surface area (Å²) in [5, 5.41) is 0.414. The number of rotatable bonds is 3. The molecule has 0 aromatic heterocycles. The average molecular weight is 214 g/mol. The highest BCUT2D eigenvalue weighted by Gasteiger charge is 2.10. The molecule has 1 aromatic carbocycles. The molecular formula is C9H8ClNO3. The van der Waals surface area contributed by atoms with Gasteiger partial charge in [0.1, 0.15) is 5.69 Å². The van der Waals surface area contributed by atoms with Gasteiger partial charge in [-0.15, -0.1) is 0 Å². The molecule has 4 nitrogen and oxygen atoms in total. The topological polar surface area (TPSA) is 47.9 Å². The zero-order valence-electron chi connectivity index (χ0n) is 7.70. The highest BCUT2D eigenvalue weighted by molar-refractivity contribution is 6.31. The lowest BCUT2D eigenvalue weighted by molar-refractivity contribution is 0.356. The molecule has 0 radical (unpaired) electrons. The Hall–Kier alpha value is -1.51. The summed E-state index contributed by atoms with van der Waals surface area (Å²) in [5.74, 6) is 0.786. The van der Waals surface area contributed by atoms with Crippen LogP contribution in [0.2, 0.25) is 5.02 Å². The first-order valence-corrected chi connectivity index (χ1v) is 4.10. The lowest BCUT2D eigenvalue weighted by Crippen LogP contribution is -1.90. The Kier molecular flexibility index (Phi) is 3.51. The minimum absolute atomic E-state index is 0.298. The third kappa shape index (κ3) is 2.05. The van der Waals surface area contributed by atoms with Crippen molar-refractivity contribution in [3.05, 3.63) is 17.2 Å². The van der Waals surface area contributed by atoms with Crippen LogP contribution in [0.15, 0.2) is 17.1 Å². The highest BCUT2D eigenvalue weighted by atomic mass is 35.5. The third-order valence-corrected chi connectivity index (χ3v) is 1.81. The fourth-order valence-corrected chi connectivity index (χ4v) is 1.25. The van der Waals surface area contributed by atoms with Gasteiger partial charge in [-0.2, -0.15) is 4.99 Å².